The highest BCUT2D eigenvalue weighted by atomic mass is 14.9. The lowest BCUT2D eigenvalue weighted by atomic mass is 9.98. The van der Waals surface area contributed by atoms with Crippen molar-refractivity contribution in [3.8, 4) is 6.07 Å². The minimum Gasteiger partial charge on any atom is -0.312 e. The topological polar surface area (TPSA) is 35.8 Å². The average molecular weight is 216 g/mol. The van der Waals surface area contributed by atoms with Gasteiger partial charge in [0.2, 0.25) is 0 Å². The van der Waals surface area contributed by atoms with Gasteiger partial charge in [0, 0.05) is 6.54 Å². The minimum atomic E-state index is 0.693. The Morgan fingerprint density at radius 1 is 1.19 bits per heavy atom. The SMILES string of the molecule is CC(C)C(C)CNCc1ccc(C#N)cc1. The first-order valence-corrected chi connectivity index (χ1v) is 5.83. The van der Waals surface area contributed by atoms with E-state index in [9.17, 15) is 0 Å². The van der Waals surface area contributed by atoms with Gasteiger partial charge >= 0.3 is 0 Å². The van der Waals surface area contributed by atoms with Gasteiger partial charge in [-0.05, 0) is 36.1 Å². The lowest BCUT2D eigenvalue weighted by Crippen LogP contribution is -2.23. The Balaban J connectivity index is 2.35. The second kappa shape index (κ2) is 6.30. The molecule has 1 aromatic rings. The van der Waals surface area contributed by atoms with Crippen molar-refractivity contribution in [3.63, 3.8) is 0 Å². The summed E-state index contributed by atoms with van der Waals surface area (Å²) in [7, 11) is 0. The summed E-state index contributed by atoms with van der Waals surface area (Å²) >= 11 is 0. The molecule has 1 atom stereocenters. The van der Waals surface area contributed by atoms with Crippen LogP contribution in [0.25, 0.3) is 0 Å². The standard InChI is InChI=1S/C14H20N2/c1-11(2)12(3)9-16-10-14-6-4-13(8-15)5-7-14/h4-7,11-12,16H,9-10H2,1-3H3. The van der Waals surface area contributed by atoms with Crippen LogP contribution in [0.15, 0.2) is 24.3 Å². The van der Waals surface area contributed by atoms with Crippen LogP contribution in [0.2, 0.25) is 0 Å². The summed E-state index contributed by atoms with van der Waals surface area (Å²) in [5, 5.41) is 12.1. The number of benzene rings is 1. The van der Waals surface area contributed by atoms with Crippen LogP contribution in [0.1, 0.15) is 31.9 Å². The van der Waals surface area contributed by atoms with Gasteiger partial charge in [0.15, 0.2) is 0 Å². The third-order valence-corrected chi connectivity index (χ3v) is 3.02. The molecule has 16 heavy (non-hydrogen) atoms. The van der Waals surface area contributed by atoms with Crippen molar-refractivity contribution < 1.29 is 0 Å². The number of nitrogens with one attached hydrogen (secondary N) is 1. The molecule has 0 saturated heterocycles. The Morgan fingerprint density at radius 2 is 1.81 bits per heavy atom. The molecule has 0 aliphatic carbocycles. The monoisotopic (exact) mass is 216 g/mol. The van der Waals surface area contributed by atoms with Gasteiger partial charge in [-0.2, -0.15) is 5.26 Å². The zero-order valence-electron chi connectivity index (χ0n) is 10.3. The third-order valence-electron chi connectivity index (χ3n) is 3.02. The van der Waals surface area contributed by atoms with E-state index in [1.165, 1.54) is 5.56 Å². The molecule has 0 aliphatic heterocycles. The van der Waals surface area contributed by atoms with E-state index in [2.05, 4.69) is 32.2 Å². The van der Waals surface area contributed by atoms with Crippen LogP contribution in [-0.2, 0) is 6.54 Å². The second-order valence-corrected chi connectivity index (χ2v) is 4.66. The summed E-state index contributed by atoms with van der Waals surface area (Å²) in [6.45, 7) is 8.67. The van der Waals surface area contributed by atoms with Crippen LogP contribution in [0, 0.1) is 23.2 Å². The maximum atomic E-state index is 8.67. The van der Waals surface area contributed by atoms with E-state index in [4.69, 9.17) is 5.26 Å². The molecule has 2 nitrogen and oxygen atoms in total. The Labute approximate surface area is 98.3 Å². The van der Waals surface area contributed by atoms with Gasteiger partial charge in [0.1, 0.15) is 0 Å². The highest BCUT2D eigenvalue weighted by Gasteiger charge is 2.05. The zero-order chi connectivity index (χ0) is 12.0. The highest BCUT2D eigenvalue weighted by Crippen LogP contribution is 2.08. The van der Waals surface area contributed by atoms with Crippen molar-refractivity contribution in [2.75, 3.05) is 6.54 Å². The predicted molar refractivity (Wildman–Crippen MR) is 66.9 cm³/mol. The molecule has 0 fully saturated rings. The summed E-state index contributed by atoms with van der Waals surface area (Å²) in [5.74, 6) is 1.41. The summed E-state index contributed by atoms with van der Waals surface area (Å²) in [6.07, 6.45) is 0. The van der Waals surface area contributed by atoms with Crippen molar-refractivity contribution in [3.05, 3.63) is 35.4 Å². The normalized spacial score (nSPS) is 12.4. The predicted octanol–water partition coefficient (Wildman–Crippen LogP) is 2.94. The zero-order valence-corrected chi connectivity index (χ0v) is 10.3. The number of rotatable bonds is 5. The van der Waals surface area contributed by atoms with Crippen LogP contribution in [-0.4, -0.2) is 6.54 Å². The molecule has 0 spiro atoms. The quantitative estimate of drug-likeness (QED) is 0.821. The molecule has 0 amide bonds. The maximum absolute atomic E-state index is 8.67. The molecular formula is C14H20N2. The van der Waals surface area contributed by atoms with E-state index in [0.29, 0.717) is 11.8 Å². The number of hydrogen-bond donors (Lipinski definition) is 1. The molecule has 0 radical (unpaired) electrons. The fourth-order valence-electron chi connectivity index (χ4n) is 1.38. The number of hydrogen-bond acceptors (Lipinski definition) is 2. The molecule has 86 valence electrons. The van der Waals surface area contributed by atoms with Crippen molar-refractivity contribution in [1.82, 2.24) is 5.32 Å². The molecule has 2 heteroatoms. The van der Waals surface area contributed by atoms with Crippen LogP contribution in [0.4, 0.5) is 0 Å². The molecule has 0 heterocycles. The first-order valence-electron chi connectivity index (χ1n) is 5.83. The molecule has 1 unspecified atom stereocenters. The summed E-state index contributed by atoms with van der Waals surface area (Å²) in [5.41, 5.74) is 1.95. The second-order valence-electron chi connectivity index (χ2n) is 4.66. The van der Waals surface area contributed by atoms with Crippen molar-refractivity contribution >= 4 is 0 Å². The summed E-state index contributed by atoms with van der Waals surface area (Å²) in [4.78, 5) is 0. The molecule has 1 N–H and O–H groups in total. The molecule has 0 aromatic heterocycles. The summed E-state index contributed by atoms with van der Waals surface area (Å²) in [6, 6.07) is 9.86. The van der Waals surface area contributed by atoms with E-state index < -0.39 is 0 Å². The Morgan fingerprint density at radius 3 is 2.31 bits per heavy atom. The first kappa shape index (κ1) is 12.7. The summed E-state index contributed by atoms with van der Waals surface area (Å²) < 4.78 is 0. The van der Waals surface area contributed by atoms with Gasteiger partial charge in [0.05, 0.1) is 11.6 Å². The van der Waals surface area contributed by atoms with Crippen LogP contribution in [0.3, 0.4) is 0 Å². The number of nitrogens with zero attached hydrogens (tertiary/aromatic N) is 1. The van der Waals surface area contributed by atoms with Crippen LogP contribution in [0.5, 0.6) is 0 Å². The molecule has 0 aliphatic rings. The third kappa shape index (κ3) is 4.04. The average Bonchev–Trinajstić information content (AvgIpc) is 2.29. The van der Waals surface area contributed by atoms with Gasteiger partial charge in [0.25, 0.3) is 0 Å². The lowest BCUT2D eigenvalue weighted by Gasteiger charge is -2.16. The van der Waals surface area contributed by atoms with Gasteiger partial charge in [-0.15, -0.1) is 0 Å². The van der Waals surface area contributed by atoms with Gasteiger partial charge < -0.3 is 5.32 Å². The highest BCUT2D eigenvalue weighted by molar-refractivity contribution is 5.31. The van der Waals surface area contributed by atoms with Crippen molar-refractivity contribution in [1.29, 1.82) is 5.26 Å². The fraction of sp³-hybridized carbons (Fsp3) is 0.500. The Kier molecular flexibility index (Phi) is 5.01. The molecule has 0 bridgehead atoms. The van der Waals surface area contributed by atoms with Crippen LogP contribution < -0.4 is 5.32 Å². The minimum absolute atomic E-state index is 0.693. The molecular weight excluding hydrogens is 196 g/mol. The smallest absolute Gasteiger partial charge is 0.0991 e. The van der Waals surface area contributed by atoms with Gasteiger partial charge in [-0.3, -0.25) is 0 Å². The molecule has 0 saturated carbocycles. The van der Waals surface area contributed by atoms with E-state index in [0.717, 1.165) is 18.7 Å². The Hall–Kier alpha value is -1.33. The van der Waals surface area contributed by atoms with Crippen molar-refractivity contribution in [2.24, 2.45) is 11.8 Å². The largest absolute Gasteiger partial charge is 0.312 e. The van der Waals surface area contributed by atoms with E-state index >= 15 is 0 Å². The first-order chi connectivity index (χ1) is 7.63. The van der Waals surface area contributed by atoms with Crippen molar-refractivity contribution in [2.45, 2.75) is 27.3 Å². The van der Waals surface area contributed by atoms with Crippen LogP contribution >= 0.6 is 0 Å². The maximum Gasteiger partial charge on any atom is 0.0991 e. The molecule has 1 aromatic carbocycles. The Bertz CT molecular complexity index is 346. The number of nitriles is 1. The fourth-order valence-corrected chi connectivity index (χ4v) is 1.38. The van der Waals surface area contributed by atoms with E-state index in [1.807, 2.05) is 24.3 Å². The van der Waals surface area contributed by atoms with Gasteiger partial charge in [-0.1, -0.05) is 32.9 Å². The van der Waals surface area contributed by atoms with Gasteiger partial charge in [-0.25, -0.2) is 0 Å². The molecule has 1 rings (SSSR count). The van der Waals surface area contributed by atoms with E-state index in [-0.39, 0.29) is 0 Å². The van der Waals surface area contributed by atoms with E-state index in [1.54, 1.807) is 0 Å². The lowest BCUT2D eigenvalue weighted by molar-refractivity contribution is 0.392.